The Balaban J connectivity index is 2.37. The second kappa shape index (κ2) is 4.17. The van der Waals surface area contributed by atoms with E-state index in [0.717, 1.165) is 5.56 Å². The Morgan fingerprint density at radius 2 is 2.39 bits per heavy atom. The predicted octanol–water partition coefficient (Wildman–Crippen LogP) is 2.88. The van der Waals surface area contributed by atoms with Crippen LogP contribution in [0.25, 0.3) is 11.1 Å². The van der Waals surface area contributed by atoms with Gasteiger partial charge in [-0.3, -0.25) is 0 Å². The first-order chi connectivity index (χ1) is 8.72. The average molecular weight is 264 g/mol. The Morgan fingerprint density at radius 3 is 3.17 bits per heavy atom. The van der Waals surface area contributed by atoms with Gasteiger partial charge in [0.05, 0.1) is 24.8 Å². The number of nitrogens with two attached hydrogens (primary N) is 1. The Kier molecular flexibility index (Phi) is 2.63. The summed E-state index contributed by atoms with van der Waals surface area (Å²) in [7, 11) is 1.53. The molecule has 2 N–H and O–H groups in total. The van der Waals surface area contributed by atoms with Gasteiger partial charge in [0.1, 0.15) is 17.3 Å². The highest BCUT2D eigenvalue weighted by Gasteiger charge is 2.25. The lowest BCUT2D eigenvalue weighted by Crippen LogP contribution is -2.03. The fraction of sp³-hybridized carbons (Fsp3) is 0.231. The first-order valence-corrected chi connectivity index (χ1v) is 6.37. The van der Waals surface area contributed by atoms with Gasteiger partial charge in [-0.05, 0) is 0 Å². The lowest BCUT2D eigenvalue weighted by molar-refractivity contribution is 0.325. The van der Waals surface area contributed by atoms with Crippen molar-refractivity contribution in [3.63, 3.8) is 0 Å². The third-order valence-corrected chi connectivity index (χ3v) is 3.66. The molecule has 1 aliphatic heterocycles. The van der Waals surface area contributed by atoms with Gasteiger partial charge < -0.3 is 15.2 Å². The van der Waals surface area contributed by atoms with E-state index in [1.165, 1.54) is 24.5 Å². The molecule has 5 heteroatoms. The number of anilines is 1. The van der Waals surface area contributed by atoms with Crippen molar-refractivity contribution in [2.45, 2.75) is 6.42 Å². The highest BCUT2D eigenvalue weighted by Crippen LogP contribution is 2.46. The Morgan fingerprint density at radius 1 is 1.56 bits per heavy atom. The van der Waals surface area contributed by atoms with Gasteiger partial charge in [0.2, 0.25) is 0 Å². The number of hydrogen-bond donors (Lipinski definition) is 1. The summed E-state index contributed by atoms with van der Waals surface area (Å²) in [5.74, 6) is 0.831. The number of hydrogen-bond acceptors (Lipinski definition) is 4. The fourth-order valence-corrected chi connectivity index (χ4v) is 2.90. The van der Waals surface area contributed by atoms with Crippen molar-refractivity contribution in [1.82, 2.24) is 0 Å². The number of ether oxygens (including phenoxy) is 2. The topological polar surface area (TPSA) is 44.5 Å². The second-order valence-electron chi connectivity index (χ2n) is 4.01. The summed E-state index contributed by atoms with van der Waals surface area (Å²) in [6.45, 7) is 0.428. The third kappa shape index (κ3) is 1.54. The molecule has 0 atom stereocenters. The molecule has 1 radical (unpaired) electrons. The van der Waals surface area contributed by atoms with E-state index in [0.29, 0.717) is 41.3 Å². The van der Waals surface area contributed by atoms with Gasteiger partial charge in [-0.2, -0.15) is 0 Å². The van der Waals surface area contributed by atoms with Crippen LogP contribution in [0.15, 0.2) is 11.4 Å². The van der Waals surface area contributed by atoms with Gasteiger partial charge in [0, 0.05) is 34.6 Å². The van der Waals surface area contributed by atoms with Crippen LogP contribution in [0, 0.1) is 11.2 Å². The van der Waals surface area contributed by atoms with Crippen molar-refractivity contribution < 1.29 is 13.9 Å². The van der Waals surface area contributed by atoms with Gasteiger partial charge >= 0.3 is 0 Å². The molecule has 3 nitrogen and oxygen atoms in total. The van der Waals surface area contributed by atoms with Crippen molar-refractivity contribution in [3.05, 3.63) is 28.2 Å². The Hall–Kier alpha value is -1.75. The van der Waals surface area contributed by atoms with Crippen LogP contribution in [-0.4, -0.2) is 13.7 Å². The molecule has 2 heterocycles. The van der Waals surface area contributed by atoms with Crippen LogP contribution >= 0.6 is 11.3 Å². The van der Waals surface area contributed by atoms with Crippen molar-refractivity contribution in [3.8, 4) is 22.6 Å². The van der Waals surface area contributed by atoms with E-state index in [1.807, 2.05) is 5.38 Å². The summed E-state index contributed by atoms with van der Waals surface area (Å²) in [5.41, 5.74) is 8.20. The summed E-state index contributed by atoms with van der Waals surface area (Å²) >= 11 is 1.39. The highest BCUT2D eigenvalue weighted by molar-refractivity contribution is 7.08. The minimum Gasteiger partial charge on any atom is -0.494 e. The smallest absolute Gasteiger partial charge is 0.150 e. The summed E-state index contributed by atoms with van der Waals surface area (Å²) in [5, 5.41) is 4.91. The lowest BCUT2D eigenvalue weighted by atomic mass is 9.97. The van der Waals surface area contributed by atoms with Crippen LogP contribution in [0.3, 0.4) is 0 Å². The van der Waals surface area contributed by atoms with Crippen molar-refractivity contribution in [1.29, 1.82) is 0 Å². The molecule has 0 saturated heterocycles. The van der Waals surface area contributed by atoms with Gasteiger partial charge in [-0.1, -0.05) is 0 Å². The van der Waals surface area contributed by atoms with Crippen LogP contribution in [0.2, 0.25) is 0 Å². The molecule has 93 valence electrons. The zero-order valence-electron chi connectivity index (χ0n) is 9.75. The summed E-state index contributed by atoms with van der Waals surface area (Å²) in [6, 6.07) is 1.30. The zero-order valence-corrected chi connectivity index (χ0v) is 10.6. The lowest BCUT2D eigenvalue weighted by Gasteiger charge is -2.14. The Bertz CT molecular complexity index is 609. The molecule has 0 saturated carbocycles. The van der Waals surface area contributed by atoms with E-state index >= 15 is 0 Å². The molecule has 1 aliphatic rings. The maximum absolute atomic E-state index is 14.0. The molecule has 1 aromatic heterocycles. The molecule has 0 fully saturated rings. The number of thiophene rings is 1. The second-order valence-corrected chi connectivity index (χ2v) is 4.69. The standard InChI is InChI=1S/C13H11FNO2S/c1-16-13-10(15)4-9(14)7-2-3-17-11-6-18-5-8(11)12(7)13/h4-5H,2-3,15H2,1H3. The molecule has 0 aliphatic carbocycles. The van der Waals surface area contributed by atoms with Gasteiger partial charge in [-0.15, -0.1) is 11.3 Å². The molecular weight excluding hydrogens is 253 g/mol. The van der Waals surface area contributed by atoms with Crippen molar-refractivity contribution in [2.24, 2.45) is 0 Å². The molecule has 2 aromatic rings. The van der Waals surface area contributed by atoms with E-state index in [2.05, 4.69) is 5.38 Å². The van der Waals surface area contributed by atoms with Gasteiger partial charge in [-0.25, -0.2) is 4.39 Å². The van der Waals surface area contributed by atoms with E-state index in [-0.39, 0.29) is 5.82 Å². The predicted molar refractivity (Wildman–Crippen MR) is 68.7 cm³/mol. The Labute approximate surface area is 108 Å². The van der Waals surface area contributed by atoms with Crippen LogP contribution in [0.4, 0.5) is 10.1 Å². The molecule has 0 spiro atoms. The molecule has 0 unspecified atom stereocenters. The number of methoxy groups -OCH3 is 1. The fourth-order valence-electron chi connectivity index (χ4n) is 2.22. The summed E-state index contributed by atoms with van der Waals surface area (Å²) in [6.07, 6.45) is 0.491. The maximum atomic E-state index is 14.0. The quantitative estimate of drug-likeness (QED) is 0.805. The molecule has 0 amide bonds. The molecule has 18 heavy (non-hydrogen) atoms. The van der Waals surface area contributed by atoms with Gasteiger partial charge in [0.25, 0.3) is 0 Å². The monoisotopic (exact) mass is 264 g/mol. The van der Waals surface area contributed by atoms with E-state index < -0.39 is 0 Å². The van der Waals surface area contributed by atoms with Crippen LogP contribution in [0.1, 0.15) is 5.56 Å². The first-order valence-electron chi connectivity index (χ1n) is 5.49. The normalized spacial score (nSPS) is 13.2. The average Bonchev–Trinajstić information content (AvgIpc) is 2.72. The number of fused-ring (bicyclic) bond motifs is 3. The minimum absolute atomic E-state index is 0.299. The largest absolute Gasteiger partial charge is 0.494 e. The molecule has 0 bridgehead atoms. The van der Waals surface area contributed by atoms with E-state index in [9.17, 15) is 4.39 Å². The number of benzene rings is 1. The minimum atomic E-state index is -0.314. The van der Waals surface area contributed by atoms with Crippen LogP contribution in [-0.2, 0) is 6.42 Å². The van der Waals surface area contributed by atoms with Gasteiger partial charge in [0.15, 0.2) is 0 Å². The van der Waals surface area contributed by atoms with E-state index in [4.69, 9.17) is 15.2 Å². The van der Waals surface area contributed by atoms with Crippen molar-refractivity contribution in [2.75, 3.05) is 19.5 Å². The third-order valence-electron chi connectivity index (χ3n) is 3.01. The number of halogens is 1. The molecule has 3 rings (SSSR count). The zero-order chi connectivity index (χ0) is 12.7. The maximum Gasteiger partial charge on any atom is 0.150 e. The highest BCUT2D eigenvalue weighted by atomic mass is 32.1. The van der Waals surface area contributed by atoms with E-state index in [1.54, 1.807) is 0 Å². The number of nitrogen functional groups attached to an aromatic ring is 1. The summed E-state index contributed by atoms with van der Waals surface area (Å²) in [4.78, 5) is 0. The molecular formula is C13H11FNO2S. The SMILES string of the molecule is COc1c(N)cc(F)c2c1-c1cs[c]c1OCC2. The van der Waals surface area contributed by atoms with Crippen LogP contribution < -0.4 is 15.2 Å². The molecule has 1 aromatic carbocycles. The van der Waals surface area contributed by atoms with Crippen molar-refractivity contribution >= 4 is 17.0 Å². The number of rotatable bonds is 1. The summed E-state index contributed by atoms with van der Waals surface area (Å²) < 4.78 is 24.9. The first kappa shape index (κ1) is 11.3. The van der Waals surface area contributed by atoms with Crippen LogP contribution in [0.5, 0.6) is 11.5 Å².